The maximum Gasteiger partial charge on any atom is 0.254 e. The monoisotopic (exact) mass is 358 g/mol. The van der Waals surface area contributed by atoms with Crippen LogP contribution >= 0.6 is 11.8 Å². The van der Waals surface area contributed by atoms with Crippen LogP contribution in [0.4, 0.5) is 0 Å². The summed E-state index contributed by atoms with van der Waals surface area (Å²) in [4.78, 5) is 26.8. The van der Waals surface area contributed by atoms with Crippen LogP contribution in [0.1, 0.15) is 28.9 Å². The highest BCUT2D eigenvalue weighted by Gasteiger charge is 2.56. The molecule has 0 bridgehead atoms. The van der Waals surface area contributed by atoms with Gasteiger partial charge in [-0.25, -0.2) is 0 Å². The fraction of sp³-hybridized carbons (Fsp3) is 0.500. The van der Waals surface area contributed by atoms with Crippen LogP contribution in [0.3, 0.4) is 0 Å². The number of nitrogens with one attached hydrogen (secondary N) is 2. The van der Waals surface area contributed by atoms with Gasteiger partial charge in [-0.1, -0.05) is 6.07 Å². The highest BCUT2D eigenvalue weighted by molar-refractivity contribution is 7.99. The Labute approximate surface area is 150 Å². The van der Waals surface area contributed by atoms with E-state index in [4.69, 9.17) is 0 Å². The van der Waals surface area contributed by atoms with Crippen molar-refractivity contribution in [2.45, 2.75) is 25.8 Å². The molecule has 1 atom stereocenters. The molecule has 1 aromatic carbocycles. The summed E-state index contributed by atoms with van der Waals surface area (Å²) in [7, 11) is 0. The van der Waals surface area contributed by atoms with Gasteiger partial charge in [0.15, 0.2) is 0 Å². The van der Waals surface area contributed by atoms with Crippen molar-refractivity contribution in [3.63, 3.8) is 0 Å². The van der Waals surface area contributed by atoms with Crippen molar-refractivity contribution in [1.82, 2.24) is 20.4 Å². The third-order valence-corrected chi connectivity index (χ3v) is 5.98. The number of amides is 2. The van der Waals surface area contributed by atoms with Gasteiger partial charge in [-0.2, -0.15) is 16.9 Å². The van der Waals surface area contributed by atoms with E-state index in [9.17, 15) is 9.59 Å². The van der Waals surface area contributed by atoms with E-state index in [-0.39, 0.29) is 23.3 Å². The summed E-state index contributed by atoms with van der Waals surface area (Å²) in [5.74, 6) is 0.553. The molecule has 7 heteroatoms. The van der Waals surface area contributed by atoms with E-state index in [0.717, 1.165) is 36.0 Å². The lowest BCUT2D eigenvalue weighted by molar-refractivity contribution is -0.119. The summed E-state index contributed by atoms with van der Waals surface area (Å²) in [6, 6.07) is 5.74. The molecule has 1 aromatic heterocycles. The van der Waals surface area contributed by atoms with E-state index >= 15 is 0 Å². The number of aromatic amines is 1. The molecule has 2 aliphatic rings. The Morgan fingerprint density at radius 1 is 1.44 bits per heavy atom. The van der Waals surface area contributed by atoms with Crippen molar-refractivity contribution in [1.29, 1.82) is 0 Å². The van der Waals surface area contributed by atoms with E-state index < -0.39 is 0 Å². The van der Waals surface area contributed by atoms with Crippen molar-refractivity contribution in [2.75, 3.05) is 25.1 Å². The van der Waals surface area contributed by atoms with Crippen LogP contribution in [0.2, 0.25) is 0 Å². The van der Waals surface area contributed by atoms with Crippen LogP contribution in [-0.4, -0.2) is 58.1 Å². The minimum atomic E-state index is 0.0236. The average molecular weight is 358 g/mol. The molecule has 2 heterocycles. The first-order valence-electron chi connectivity index (χ1n) is 8.55. The van der Waals surface area contributed by atoms with Gasteiger partial charge in [0.1, 0.15) is 0 Å². The Morgan fingerprint density at radius 2 is 2.24 bits per heavy atom. The molecule has 1 unspecified atom stereocenters. The number of thioether (sulfide) groups is 1. The first-order valence-corrected chi connectivity index (χ1v) is 9.94. The highest BCUT2D eigenvalue weighted by atomic mass is 32.2. The number of hydrogen-bond acceptors (Lipinski definition) is 4. The lowest BCUT2D eigenvalue weighted by Crippen LogP contribution is -2.42. The van der Waals surface area contributed by atoms with Crippen LogP contribution in [0.25, 0.3) is 10.9 Å². The third kappa shape index (κ3) is 2.90. The second kappa shape index (κ2) is 6.05. The third-order valence-electron chi connectivity index (χ3n) is 5.43. The average Bonchev–Trinajstić information content (AvgIpc) is 3.16. The zero-order chi connectivity index (χ0) is 17.6. The van der Waals surface area contributed by atoms with Crippen molar-refractivity contribution < 1.29 is 9.59 Å². The first-order chi connectivity index (χ1) is 12.0. The number of aromatic nitrogens is 2. The summed E-state index contributed by atoms with van der Waals surface area (Å²) in [5.41, 5.74) is 2.57. The molecule has 2 aromatic rings. The normalized spacial score (nSPS) is 21.0. The van der Waals surface area contributed by atoms with Gasteiger partial charge in [-0.3, -0.25) is 14.7 Å². The minimum Gasteiger partial charge on any atom is -0.350 e. The van der Waals surface area contributed by atoms with Gasteiger partial charge in [-0.15, -0.1) is 0 Å². The van der Waals surface area contributed by atoms with Crippen molar-refractivity contribution in [3.05, 3.63) is 29.5 Å². The maximum absolute atomic E-state index is 12.9. The van der Waals surface area contributed by atoms with Gasteiger partial charge in [0, 0.05) is 35.1 Å². The number of aryl methyl sites for hydroxylation is 1. The molecule has 4 rings (SSSR count). The Bertz CT molecular complexity index is 843. The number of likely N-dealkylation sites (tertiary alicyclic amines) is 1. The lowest BCUT2D eigenvalue weighted by Gasteiger charge is -2.18. The zero-order valence-corrected chi connectivity index (χ0v) is 15.3. The molecular weight excluding hydrogens is 336 g/mol. The molecule has 1 aliphatic carbocycles. The molecule has 1 aliphatic heterocycles. The van der Waals surface area contributed by atoms with E-state index in [1.54, 1.807) is 0 Å². The van der Waals surface area contributed by atoms with Gasteiger partial charge in [-0.05, 0) is 38.2 Å². The molecule has 2 N–H and O–H groups in total. The lowest BCUT2D eigenvalue weighted by atomic mass is 10.0. The Balaban J connectivity index is 1.51. The molecule has 2 amide bonds. The molecule has 1 saturated carbocycles. The second-order valence-corrected chi connectivity index (χ2v) is 8.05. The molecule has 132 valence electrons. The number of benzene rings is 1. The summed E-state index contributed by atoms with van der Waals surface area (Å²) in [5, 5.41) is 11.4. The Hall–Kier alpha value is -2.02. The number of H-pyrrole nitrogens is 1. The SMILES string of the molecule is CSCC(=O)NC1CN(C(=O)c2ccc3c(C)[nH]nc3c2)CC12CC2. The molecule has 1 saturated heterocycles. The zero-order valence-electron chi connectivity index (χ0n) is 14.5. The molecular formula is C18H22N4O2S. The van der Waals surface area contributed by atoms with Crippen molar-refractivity contribution in [3.8, 4) is 0 Å². The number of carbonyl (C=O) groups excluding carboxylic acids is 2. The van der Waals surface area contributed by atoms with Crippen LogP contribution in [0, 0.1) is 12.3 Å². The summed E-state index contributed by atoms with van der Waals surface area (Å²) < 4.78 is 0. The fourth-order valence-corrected chi connectivity index (χ4v) is 4.16. The molecule has 25 heavy (non-hydrogen) atoms. The van der Waals surface area contributed by atoms with Gasteiger partial charge in [0.05, 0.1) is 17.3 Å². The largest absolute Gasteiger partial charge is 0.350 e. The Morgan fingerprint density at radius 3 is 2.96 bits per heavy atom. The molecule has 1 spiro atoms. The topological polar surface area (TPSA) is 78.1 Å². The van der Waals surface area contributed by atoms with Crippen LogP contribution in [0.15, 0.2) is 18.2 Å². The predicted octanol–water partition coefficient (Wildman–Crippen LogP) is 1.96. The van der Waals surface area contributed by atoms with Gasteiger partial charge >= 0.3 is 0 Å². The van der Waals surface area contributed by atoms with Crippen molar-refractivity contribution >= 4 is 34.5 Å². The predicted molar refractivity (Wildman–Crippen MR) is 98.7 cm³/mol. The van der Waals surface area contributed by atoms with Gasteiger partial charge < -0.3 is 10.2 Å². The summed E-state index contributed by atoms with van der Waals surface area (Å²) in [6.45, 7) is 3.29. The smallest absolute Gasteiger partial charge is 0.254 e. The summed E-state index contributed by atoms with van der Waals surface area (Å²) in [6.07, 6.45) is 4.08. The van der Waals surface area contributed by atoms with Crippen LogP contribution in [-0.2, 0) is 4.79 Å². The van der Waals surface area contributed by atoms with Gasteiger partial charge in [0.2, 0.25) is 5.91 Å². The fourth-order valence-electron chi connectivity index (χ4n) is 3.82. The highest BCUT2D eigenvalue weighted by Crippen LogP contribution is 2.53. The van der Waals surface area contributed by atoms with Crippen LogP contribution < -0.4 is 5.32 Å². The number of nitrogens with zero attached hydrogens (tertiary/aromatic N) is 2. The van der Waals surface area contributed by atoms with Crippen LogP contribution in [0.5, 0.6) is 0 Å². The summed E-state index contributed by atoms with van der Waals surface area (Å²) >= 11 is 1.52. The van der Waals surface area contributed by atoms with E-state index in [1.807, 2.05) is 36.3 Å². The first kappa shape index (κ1) is 16.4. The second-order valence-electron chi connectivity index (χ2n) is 7.18. The van der Waals surface area contributed by atoms with Crippen molar-refractivity contribution in [2.24, 2.45) is 5.41 Å². The number of hydrogen-bond donors (Lipinski definition) is 2. The number of carbonyl (C=O) groups is 2. The van der Waals surface area contributed by atoms with E-state index in [2.05, 4.69) is 15.5 Å². The van der Waals surface area contributed by atoms with Gasteiger partial charge in [0.25, 0.3) is 5.91 Å². The van der Waals surface area contributed by atoms with E-state index in [1.165, 1.54) is 11.8 Å². The molecule has 2 fully saturated rings. The standard InChI is InChI=1S/C18H22N4O2S/c1-11-13-4-3-12(7-14(13)21-20-11)17(24)22-8-15(18(10-22)5-6-18)19-16(23)9-25-2/h3-4,7,15H,5-6,8-10H2,1-2H3,(H,19,23)(H,20,21). The molecule has 6 nitrogen and oxygen atoms in total. The maximum atomic E-state index is 12.9. The van der Waals surface area contributed by atoms with E-state index in [0.29, 0.717) is 17.9 Å². The minimum absolute atomic E-state index is 0.0236. The quantitative estimate of drug-likeness (QED) is 0.876. The Kier molecular flexibility index (Phi) is 3.98. The number of rotatable bonds is 4. The number of fused-ring (bicyclic) bond motifs is 1. The molecule has 0 radical (unpaired) electrons.